The molecular formula is C16H23F3N6. The molecule has 0 aromatic carbocycles. The number of halogens is 3. The summed E-state index contributed by atoms with van der Waals surface area (Å²) in [6.45, 7) is 2.96. The lowest BCUT2D eigenvalue weighted by atomic mass is 9.94. The average molecular weight is 356 g/mol. The summed E-state index contributed by atoms with van der Waals surface area (Å²) in [5, 5.41) is 8.27. The highest BCUT2D eigenvalue weighted by molar-refractivity contribution is 5.02. The summed E-state index contributed by atoms with van der Waals surface area (Å²) in [5.74, 6) is 1.22. The number of hydrogen-bond donors (Lipinski definition) is 0. The van der Waals surface area contributed by atoms with Gasteiger partial charge in [0, 0.05) is 12.6 Å². The van der Waals surface area contributed by atoms with Crippen molar-refractivity contribution in [3.05, 3.63) is 29.6 Å². The molecule has 0 radical (unpaired) electrons. The van der Waals surface area contributed by atoms with Crippen molar-refractivity contribution in [2.45, 2.75) is 45.5 Å². The van der Waals surface area contributed by atoms with Crippen LogP contribution in [0.25, 0.3) is 0 Å². The van der Waals surface area contributed by atoms with Crippen molar-refractivity contribution in [1.29, 1.82) is 0 Å². The molecule has 1 aliphatic rings. The summed E-state index contributed by atoms with van der Waals surface area (Å²) in [7, 11) is 2.08. The third-order valence-corrected chi connectivity index (χ3v) is 4.50. The van der Waals surface area contributed by atoms with Crippen molar-refractivity contribution in [3.63, 3.8) is 0 Å². The fourth-order valence-corrected chi connectivity index (χ4v) is 3.15. The summed E-state index contributed by atoms with van der Waals surface area (Å²) < 4.78 is 41.1. The first-order valence-electron chi connectivity index (χ1n) is 8.45. The minimum Gasteiger partial charge on any atom is -0.306 e. The van der Waals surface area contributed by atoms with Gasteiger partial charge >= 0.3 is 6.18 Å². The van der Waals surface area contributed by atoms with Crippen molar-refractivity contribution in [2.75, 3.05) is 20.1 Å². The molecule has 0 spiro atoms. The molecule has 25 heavy (non-hydrogen) atoms. The zero-order chi connectivity index (χ0) is 18.0. The second-order valence-electron chi connectivity index (χ2n) is 6.88. The van der Waals surface area contributed by atoms with Crippen LogP contribution in [0.3, 0.4) is 0 Å². The molecule has 1 aliphatic heterocycles. The zero-order valence-corrected chi connectivity index (χ0v) is 14.5. The molecule has 0 amide bonds. The molecule has 1 saturated heterocycles. The number of aromatic nitrogens is 5. The number of rotatable bonds is 5. The van der Waals surface area contributed by atoms with E-state index in [2.05, 4.69) is 27.1 Å². The van der Waals surface area contributed by atoms with Crippen molar-refractivity contribution >= 4 is 0 Å². The molecule has 138 valence electrons. The summed E-state index contributed by atoms with van der Waals surface area (Å²) in [6, 6.07) is 0. The Balaban J connectivity index is 1.76. The molecule has 6 nitrogen and oxygen atoms in total. The third-order valence-electron chi connectivity index (χ3n) is 4.50. The molecule has 0 unspecified atom stereocenters. The van der Waals surface area contributed by atoms with Crippen molar-refractivity contribution < 1.29 is 13.2 Å². The molecule has 0 aliphatic carbocycles. The summed E-state index contributed by atoms with van der Waals surface area (Å²) in [4.78, 5) is 6.65. The van der Waals surface area contributed by atoms with Gasteiger partial charge in [0.25, 0.3) is 0 Å². The lowest BCUT2D eigenvalue weighted by molar-refractivity contribution is -0.143. The predicted octanol–water partition coefficient (Wildman–Crippen LogP) is 2.28. The lowest BCUT2D eigenvalue weighted by Crippen LogP contribution is -2.31. The molecule has 1 fully saturated rings. The van der Waals surface area contributed by atoms with E-state index >= 15 is 0 Å². The maximum Gasteiger partial charge on any atom is 0.408 e. The Hall–Kier alpha value is -1.90. The number of hydrogen-bond acceptors (Lipinski definition) is 4. The van der Waals surface area contributed by atoms with E-state index in [1.165, 1.54) is 0 Å². The standard InChI is InChI=1S/C16H23F3N6/c1-12-8-20-24(9-12)10-15-21-14(22-25(15)11-16(17,18)19)7-13-3-5-23(2)6-4-13/h8-9,13H,3-7,10-11H2,1-2H3. The van der Waals surface area contributed by atoms with Crippen molar-refractivity contribution in [1.82, 2.24) is 29.4 Å². The van der Waals surface area contributed by atoms with E-state index in [0.717, 1.165) is 36.2 Å². The smallest absolute Gasteiger partial charge is 0.306 e. The minimum absolute atomic E-state index is 0.185. The van der Waals surface area contributed by atoms with Gasteiger partial charge < -0.3 is 4.90 Å². The van der Waals surface area contributed by atoms with Gasteiger partial charge in [-0.3, -0.25) is 4.68 Å². The second kappa shape index (κ2) is 7.15. The minimum atomic E-state index is -4.33. The largest absolute Gasteiger partial charge is 0.408 e. The van der Waals surface area contributed by atoms with E-state index in [9.17, 15) is 13.2 Å². The van der Waals surface area contributed by atoms with E-state index in [4.69, 9.17) is 0 Å². The number of likely N-dealkylation sites (tertiary alicyclic amines) is 1. The molecule has 2 aromatic heterocycles. The lowest BCUT2D eigenvalue weighted by Gasteiger charge is -2.28. The van der Waals surface area contributed by atoms with Gasteiger partial charge in [0.2, 0.25) is 0 Å². The SMILES string of the molecule is Cc1cnn(Cc2nc(CC3CCN(C)CC3)nn2CC(F)(F)F)c1. The average Bonchev–Trinajstić information content (AvgIpc) is 3.07. The van der Waals surface area contributed by atoms with Gasteiger partial charge in [-0.1, -0.05) is 0 Å². The molecule has 9 heteroatoms. The Morgan fingerprint density at radius 3 is 2.56 bits per heavy atom. The summed E-state index contributed by atoms with van der Waals surface area (Å²) >= 11 is 0. The maximum absolute atomic E-state index is 12.9. The van der Waals surface area contributed by atoms with Crippen LogP contribution in [0.2, 0.25) is 0 Å². The summed E-state index contributed by atoms with van der Waals surface area (Å²) in [5.41, 5.74) is 0.952. The van der Waals surface area contributed by atoms with Crippen LogP contribution >= 0.6 is 0 Å². The summed E-state index contributed by atoms with van der Waals surface area (Å²) in [6.07, 6.45) is 1.81. The topological polar surface area (TPSA) is 51.8 Å². The maximum atomic E-state index is 12.9. The Morgan fingerprint density at radius 1 is 1.24 bits per heavy atom. The van der Waals surface area contributed by atoms with Crippen LogP contribution in [0.15, 0.2) is 12.4 Å². The van der Waals surface area contributed by atoms with Crippen LogP contribution in [-0.4, -0.2) is 55.8 Å². The molecular weight excluding hydrogens is 333 g/mol. The highest BCUT2D eigenvalue weighted by Gasteiger charge is 2.31. The number of aryl methyl sites for hydroxylation is 1. The Morgan fingerprint density at radius 2 is 1.96 bits per heavy atom. The first-order chi connectivity index (χ1) is 11.8. The van der Waals surface area contributed by atoms with Gasteiger partial charge in [-0.25, -0.2) is 9.67 Å². The first kappa shape index (κ1) is 17.9. The van der Waals surface area contributed by atoms with Gasteiger partial charge in [-0.2, -0.15) is 23.4 Å². The molecule has 0 saturated carbocycles. The molecule has 3 rings (SSSR count). The molecule has 2 aromatic rings. The van der Waals surface area contributed by atoms with Gasteiger partial charge in [0.1, 0.15) is 18.9 Å². The number of alkyl halides is 3. The van der Waals surface area contributed by atoms with Crippen LogP contribution in [0.5, 0.6) is 0 Å². The monoisotopic (exact) mass is 356 g/mol. The molecule has 0 bridgehead atoms. The Bertz CT molecular complexity index is 697. The van der Waals surface area contributed by atoms with Gasteiger partial charge in [0.05, 0.1) is 6.20 Å². The third kappa shape index (κ3) is 5.04. The highest BCUT2D eigenvalue weighted by Crippen LogP contribution is 2.22. The van der Waals surface area contributed by atoms with Crippen LogP contribution in [0, 0.1) is 12.8 Å². The number of piperidine rings is 1. The van der Waals surface area contributed by atoms with Crippen LogP contribution in [-0.2, 0) is 19.5 Å². The zero-order valence-electron chi connectivity index (χ0n) is 14.5. The fraction of sp³-hybridized carbons (Fsp3) is 0.688. The van der Waals surface area contributed by atoms with Crippen LogP contribution in [0.4, 0.5) is 13.2 Å². The molecule has 3 heterocycles. The van der Waals surface area contributed by atoms with Gasteiger partial charge in [-0.15, -0.1) is 0 Å². The normalized spacial score (nSPS) is 17.3. The van der Waals surface area contributed by atoms with Crippen LogP contribution < -0.4 is 0 Å². The molecule has 0 atom stereocenters. The van der Waals surface area contributed by atoms with E-state index in [1.54, 1.807) is 17.1 Å². The van der Waals surface area contributed by atoms with Crippen molar-refractivity contribution in [2.24, 2.45) is 5.92 Å². The first-order valence-corrected chi connectivity index (χ1v) is 8.45. The van der Waals surface area contributed by atoms with Crippen molar-refractivity contribution in [3.8, 4) is 0 Å². The predicted molar refractivity (Wildman–Crippen MR) is 86.1 cm³/mol. The fourth-order valence-electron chi connectivity index (χ4n) is 3.15. The van der Waals surface area contributed by atoms with Gasteiger partial charge in [-0.05, 0) is 51.4 Å². The van der Waals surface area contributed by atoms with E-state index in [-0.39, 0.29) is 6.54 Å². The van der Waals surface area contributed by atoms with Crippen LogP contribution in [0.1, 0.15) is 30.1 Å². The van der Waals surface area contributed by atoms with E-state index in [0.29, 0.717) is 24.0 Å². The van der Waals surface area contributed by atoms with Gasteiger partial charge in [0.15, 0.2) is 5.82 Å². The molecule has 0 N–H and O–H groups in total. The quantitative estimate of drug-likeness (QED) is 0.825. The Kier molecular flexibility index (Phi) is 5.12. The van der Waals surface area contributed by atoms with E-state index < -0.39 is 12.7 Å². The highest BCUT2D eigenvalue weighted by atomic mass is 19.4. The Labute approximate surface area is 144 Å². The number of nitrogens with zero attached hydrogens (tertiary/aromatic N) is 6. The van der Waals surface area contributed by atoms with E-state index in [1.807, 2.05) is 6.92 Å². The second-order valence-corrected chi connectivity index (χ2v) is 6.88.